The van der Waals surface area contributed by atoms with Gasteiger partial charge in [0.1, 0.15) is 0 Å². The minimum atomic E-state index is -0.158. The molecule has 1 heterocycles. The molecule has 2 unspecified atom stereocenters. The number of aromatic nitrogens is 2. The van der Waals surface area contributed by atoms with Gasteiger partial charge in [-0.1, -0.05) is 30.3 Å². The monoisotopic (exact) mass is 285 g/mol. The Balaban J connectivity index is 1.83. The molecule has 1 aromatic heterocycles. The van der Waals surface area contributed by atoms with E-state index in [-0.39, 0.29) is 6.10 Å². The van der Waals surface area contributed by atoms with Crippen LogP contribution in [0.25, 0.3) is 0 Å². The fraction of sp³-hybridized carbons (Fsp3) is 0.471. The van der Waals surface area contributed by atoms with Crippen molar-refractivity contribution in [2.24, 2.45) is 0 Å². The SMILES string of the molecule is CCn1cc(N(Cc2ccccc2)C2CCC(O)C2)cn1. The number of aliphatic hydroxyl groups excluding tert-OH is 1. The summed E-state index contributed by atoms with van der Waals surface area (Å²) in [5.74, 6) is 0. The summed E-state index contributed by atoms with van der Waals surface area (Å²) < 4.78 is 1.96. The maximum Gasteiger partial charge on any atom is 0.0758 e. The van der Waals surface area contributed by atoms with Crippen LogP contribution in [0.2, 0.25) is 0 Å². The van der Waals surface area contributed by atoms with Crippen molar-refractivity contribution in [3.8, 4) is 0 Å². The van der Waals surface area contributed by atoms with Crippen LogP contribution < -0.4 is 4.90 Å². The Labute approximate surface area is 126 Å². The van der Waals surface area contributed by atoms with Crippen LogP contribution in [0.4, 0.5) is 5.69 Å². The van der Waals surface area contributed by atoms with Crippen molar-refractivity contribution in [3.63, 3.8) is 0 Å². The molecular formula is C17H23N3O. The first-order valence-corrected chi connectivity index (χ1v) is 7.77. The van der Waals surface area contributed by atoms with Crippen molar-refractivity contribution >= 4 is 5.69 Å². The van der Waals surface area contributed by atoms with Gasteiger partial charge in [-0.2, -0.15) is 5.10 Å². The molecule has 3 rings (SSSR count). The summed E-state index contributed by atoms with van der Waals surface area (Å²) in [7, 11) is 0. The largest absolute Gasteiger partial charge is 0.393 e. The number of aliphatic hydroxyl groups is 1. The molecule has 4 heteroatoms. The molecule has 0 aliphatic heterocycles. The van der Waals surface area contributed by atoms with Crippen LogP contribution in [0.5, 0.6) is 0 Å². The first-order chi connectivity index (χ1) is 10.3. The Bertz CT molecular complexity index is 566. The lowest BCUT2D eigenvalue weighted by Crippen LogP contribution is -2.33. The Kier molecular flexibility index (Phi) is 4.25. The lowest BCUT2D eigenvalue weighted by molar-refractivity contribution is 0.181. The highest BCUT2D eigenvalue weighted by Crippen LogP contribution is 2.29. The molecule has 112 valence electrons. The molecule has 1 aromatic carbocycles. The van der Waals surface area contributed by atoms with E-state index in [1.165, 1.54) is 5.56 Å². The molecule has 1 N–H and O–H groups in total. The zero-order chi connectivity index (χ0) is 14.7. The van der Waals surface area contributed by atoms with Gasteiger partial charge in [0.25, 0.3) is 0 Å². The van der Waals surface area contributed by atoms with Gasteiger partial charge in [-0.15, -0.1) is 0 Å². The number of hydrogen-bond donors (Lipinski definition) is 1. The molecule has 1 fully saturated rings. The Morgan fingerprint density at radius 3 is 2.71 bits per heavy atom. The van der Waals surface area contributed by atoms with Crippen molar-refractivity contribution in [1.82, 2.24) is 9.78 Å². The van der Waals surface area contributed by atoms with Gasteiger partial charge in [-0.3, -0.25) is 4.68 Å². The molecule has 0 spiro atoms. The third-order valence-electron chi connectivity index (χ3n) is 4.29. The zero-order valence-corrected chi connectivity index (χ0v) is 12.5. The molecule has 1 saturated carbocycles. The van der Waals surface area contributed by atoms with Gasteiger partial charge in [0.15, 0.2) is 0 Å². The molecule has 2 aromatic rings. The number of rotatable bonds is 5. The number of aryl methyl sites for hydroxylation is 1. The maximum atomic E-state index is 9.87. The van der Waals surface area contributed by atoms with Crippen LogP contribution in [0.15, 0.2) is 42.7 Å². The third-order valence-corrected chi connectivity index (χ3v) is 4.29. The average Bonchev–Trinajstić information content (AvgIpc) is 3.15. The van der Waals surface area contributed by atoms with E-state index in [0.717, 1.165) is 38.0 Å². The highest BCUT2D eigenvalue weighted by atomic mass is 16.3. The van der Waals surface area contributed by atoms with Crippen LogP contribution in [-0.4, -0.2) is 27.0 Å². The van der Waals surface area contributed by atoms with E-state index in [1.54, 1.807) is 0 Å². The van der Waals surface area contributed by atoms with E-state index < -0.39 is 0 Å². The molecule has 1 aliphatic carbocycles. The zero-order valence-electron chi connectivity index (χ0n) is 12.5. The summed E-state index contributed by atoms with van der Waals surface area (Å²) in [5.41, 5.74) is 2.45. The smallest absolute Gasteiger partial charge is 0.0758 e. The van der Waals surface area contributed by atoms with Crippen LogP contribution in [0.3, 0.4) is 0 Å². The molecule has 21 heavy (non-hydrogen) atoms. The van der Waals surface area contributed by atoms with Crippen LogP contribution in [-0.2, 0) is 13.1 Å². The second-order valence-corrected chi connectivity index (χ2v) is 5.79. The summed E-state index contributed by atoms with van der Waals surface area (Å²) >= 11 is 0. The minimum Gasteiger partial charge on any atom is -0.393 e. The first kappa shape index (κ1) is 14.1. The second-order valence-electron chi connectivity index (χ2n) is 5.79. The lowest BCUT2D eigenvalue weighted by Gasteiger charge is -2.30. The second kappa shape index (κ2) is 6.31. The minimum absolute atomic E-state index is 0.158. The fourth-order valence-electron chi connectivity index (χ4n) is 3.10. The predicted octanol–water partition coefficient (Wildman–Crippen LogP) is 2.82. The molecule has 0 amide bonds. The third kappa shape index (κ3) is 3.27. The average molecular weight is 285 g/mol. The Hall–Kier alpha value is -1.81. The summed E-state index contributed by atoms with van der Waals surface area (Å²) in [6.45, 7) is 3.84. The van der Waals surface area contributed by atoms with Crippen molar-refractivity contribution in [2.75, 3.05) is 4.90 Å². The number of benzene rings is 1. The van der Waals surface area contributed by atoms with Crippen LogP contribution >= 0.6 is 0 Å². The van der Waals surface area contributed by atoms with Crippen molar-refractivity contribution < 1.29 is 5.11 Å². The number of nitrogens with zero attached hydrogens (tertiary/aromatic N) is 3. The van der Waals surface area contributed by atoms with E-state index in [9.17, 15) is 5.11 Å². The summed E-state index contributed by atoms with van der Waals surface area (Å²) in [5, 5.41) is 14.3. The maximum absolute atomic E-state index is 9.87. The van der Waals surface area contributed by atoms with Crippen LogP contribution in [0, 0.1) is 0 Å². The highest BCUT2D eigenvalue weighted by Gasteiger charge is 2.29. The van der Waals surface area contributed by atoms with Gasteiger partial charge < -0.3 is 10.0 Å². The molecule has 0 bridgehead atoms. The van der Waals surface area contributed by atoms with Crippen molar-refractivity contribution in [3.05, 3.63) is 48.3 Å². The van der Waals surface area contributed by atoms with Gasteiger partial charge in [-0.05, 0) is 31.7 Å². The molecular weight excluding hydrogens is 262 g/mol. The molecule has 2 atom stereocenters. The summed E-state index contributed by atoms with van der Waals surface area (Å²) in [4.78, 5) is 2.39. The topological polar surface area (TPSA) is 41.3 Å². The molecule has 1 aliphatic rings. The molecule has 0 saturated heterocycles. The predicted molar refractivity (Wildman–Crippen MR) is 84.2 cm³/mol. The summed E-state index contributed by atoms with van der Waals surface area (Å²) in [6.07, 6.45) is 6.69. The van der Waals surface area contributed by atoms with E-state index >= 15 is 0 Å². The Morgan fingerprint density at radius 2 is 2.10 bits per heavy atom. The van der Waals surface area contributed by atoms with Gasteiger partial charge in [0.2, 0.25) is 0 Å². The van der Waals surface area contributed by atoms with Crippen molar-refractivity contribution in [2.45, 2.75) is 51.4 Å². The number of anilines is 1. The standard InChI is InChI=1S/C17H23N3O/c1-2-19-13-16(11-18-19)20(15-8-9-17(21)10-15)12-14-6-4-3-5-7-14/h3-7,11,13,15,17,21H,2,8-10,12H2,1H3. The molecule has 4 nitrogen and oxygen atoms in total. The van der Waals surface area contributed by atoms with E-state index in [4.69, 9.17) is 0 Å². The van der Waals surface area contributed by atoms with Crippen LogP contribution in [0.1, 0.15) is 31.7 Å². The lowest BCUT2D eigenvalue weighted by atomic mass is 10.1. The van der Waals surface area contributed by atoms with Gasteiger partial charge in [0.05, 0.1) is 18.0 Å². The Morgan fingerprint density at radius 1 is 1.29 bits per heavy atom. The van der Waals surface area contributed by atoms with E-state index in [0.29, 0.717) is 6.04 Å². The summed E-state index contributed by atoms with van der Waals surface area (Å²) in [6, 6.07) is 10.9. The van der Waals surface area contributed by atoms with Gasteiger partial charge >= 0.3 is 0 Å². The molecule has 0 radical (unpaired) electrons. The quantitative estimate of drug-likeness (QED) is 0.918. The normalized spacial score (nSPS) is 21.6. The van der Waals surface area contributed by atoms with Crippen molar-refractivity contribution in [1.29, 1.82) is 0 Å². The van der Waals surface area contributed by atoms with E-state index in [1.807, 2.05) is 16.9 Å². The highest BCUT2D eigenvalue weighted by molar-refractivity contribution is 5.45. The van der Waals surface area contributed by atoms with Gasteiger partial charge in [0, 0.05) is 25.3 Å². The first-order valence-electron chi connectivity index (χ1n) is 7.77. The van der Waals surface area contributed by atoms with Gasteiger partial charge in [-0.25, -0.2) is 0 Å². The van der Waals surface area contributed by atoms with E-state index in [2.05, 4.69) is 47.4 Å². The number of hydrogen-bond acceptors (Lipinski definition) is 3. The fourth-order valence-corrected chi connectivity index (χ4v) is 3.10.